The van der Waals surface area contributed by atoms with Gasteiger partial charge in [0.2, 0.25) is 5.91 Å². The van der Waals surface area contributed by atoms with Gasteiger partial charge in [-0.1, -0.05) is 29.8 Å². The van der Waals surface area contributed by atoms with E-state index in [0.717, 1.165) is 0 Å². The van der Waals surface area contributed by atoms with Crippen molar-refractivity contribution < 1.29 is 32.2 Å². The lowest BCUT2D eigenvalue weighted by atomic mass is 10.1. The normalized spacial score (nSPS) is 11.4. The molecule has 1 amide bonds. The van der Waals surface area contributed by atoms with Crippen molar-refractivity contribution in [3.05, 3.63) is 58.6 Å². The third kappa shape index (κ3) is 6.09. The van der Waals surface area contributed by atoms with E-state index in [2.05, 4.69) is 10.1 Å². The standard InChI is InChI=1S/C19H17ClF3NO4/c1-26-16-10-12(9-14(20)18(16)27-2)7-8-17(25)24-11-13-5-3-4-6-15(13)28-19(21,22)23/h3-10H,11H2,1-2H3,(H,24,25)/b8-7+. The average molecular weight is 416 g/mol. The molecule has 1 N–H and O–H groups in total. The Morgan fingerprint density at radius 1 is 1.14 bits per heavy atom. The van der Waals surface area contributed by atoms with Crippen molar-refractivity contribution in [2.24, 2.45) is 0 Å². The van der Waals surface area contributed by atoms with Gasteiger partial charge in [0.25, 0.3) is 0 Å². The van der Waals surface area contributed by atoms with Gasteiger partial charge in [0.05, 0.1) is 19.2 Å². The highest BCUT2D eigenvalue weighted by Crippen LogP contribution is 2.36. The van der Waals surface area contributed by atoms with E-state index in [4.69, 9.17) is 21.1 Å². The minimum atomic E-state index is -4.81. The first-order valence-corrected chi connectivity index (χ1v) is 8.32. The largest absolute Gasteiger partial charge is 0.573 e. The number of rotatable bonds is 7. The molecule has 28 heavy (non-hydrogen) atoms. The zero-order valence-corrected chi connectivity index (χ0v) is 15.7. The van der Waals surface area contributed by atoms with E-state index in [-0.39, 0.29) is 17.9 Å². The van der Waals surface area contributed by atoms with Gasteiger partial charge in [-0.05, 0) is 29.8 Å². The molecule has 9 heteroatoms. The lowest BCUT2D eigenvalue weighted by molar-refractivity contribution is -0.274. The van der Waals surface area contributed by atoms with Crippen molar-refractivity contribution in [3.63, 3.8) is 0 Å². The van der Waals surface area contributed by atoms with E-state index in [9.17, 15) is 18.0 Å². The van der Waals surface area contributed by atoms with Crippen molar-refractivity contribution in [1.82, 2.24) is 5.32 Å². The highest BCUT2D eigenvalue weighted by molar-refractivity contribution is 6.32. The van der Waals surface area contributed by atoms with E-state index in [1.807, 2.05) is 0 Å². The number of halogens is 4. The van der Waals surface area contributed by atoms with Crippen LogP contribution >= 0.6 is 11.6 Å². The van der Waals surface area contributed by atoms with Crippen LogP contribution < -0.4 is 19.5 Å². The molecule has 0 saturated heterocycles. The molecule has 0 unspecified atom stereocenters. The SMILES string of the molecule is COc1cc(/C=C/C(=O)NCc2ccccc2OC(F)(F)F)cc(Cl)c1OC. The number of methoxy groups -OCH3 is 2. The fraction of sp³-hybridized carbons (Fsp3) is 0.211. The molecule has 0 saturated carbocycles. The van der Waals surface area contributed by atoms with Crippen LogP contribution in [0.4, 0.5) is 13.2 Å². The van der Waals surface area contributed by atoms with Crippen molar-refractivity contribution in [3.8, 4) is 17.2 Å². The van der Waals surface area contributed by atoms with Crippen LogP contribution in [-0.4, -0.2) is 26.5 Å². The molecule has 2 aromatic carbocycles. The Bertz CT molecular complexity index is 869. The monoisotopic (exact) mass is 415 g/mol. The van der Waals surface area contributed by atoms with Crippen LogP contribution in [0.3, 0.4) is 0 Å². The summed E-state index contributed by atoms with van der Waals surface area (Å²) in [5.74, 6) is -0.112. The maximum Gasteiger partial charge on any atom is 0.573 e. The van der Waals surface area contributed by atoms with Gasteiger partial charge in [-0.3, -0.25) is 4.79 Å². The summed E-state index contributed by atoms with van der Waals surface area (Å²) in [6, 6.07) is 8.77. The zero-order valence-electron chi connectivity index (χ0n) is 15.0. The summed E-state index contributed by atoms with van der Waals surface area (Å²) in [6.45, 7) is -0.137. The van der Waals surface area contributed by atoms with Crippen molar-refractivity contribution in [2.45, 2.75) is 12.9 Å². The first-order chi connectivity index (χ1) is 13.2. The number of benzene rings is 2. The van der Waals surface area contributed by atoms with Crippen LogP contribution in [0, 0.1) is 0 Å². The number of hydrogen-bond acceptors (Lipinski definition) is 4. The summed E-state index contributed by atoms with van der Waals surface area (Å²) in [5, 5.41) is 2.80. The molecule has 2 rings (SSSR count). The van der Waals surface area contributed by atoms with Crippen LogP contribution in [0.15, 0.2) is 42.5 Å². The molecule has 0 spiro atoms. The molecule has 0 bridgehead atoms. The quantitative estimate of drug-likeness (QED) is 0.672. The molecule has 0 aliphatic rings. The van der Waals surface area contributed by atoms with Crippen molar-refractivity contribution >= 4 is 23.6 Å². The van der Waals surface area contributed by atoms with Gasteiger partial charge < -0.3 is 19.5 Å². The second-order valence-corrected chi connectivity index (χ2v) is 5.85. The second kappa shape index (κ2) is 9.36. The molecule has 0 fully saturated rings. The Kier molecular flexibility index (Phi) is 7.17. The van der Waals surface area contributed by atoms with Crippen LogP contribution in [0.2, 0.25) is 5.02 Å². The third-order valence-corrected chi connectivity index (χ3v) is 3.82. The summed E-state index contributed by atoms with van der Waals surface area (Å²) in [7, 11) is 2.90. The number of carbonyl (C=O) groups excluding carboxylic acids is 1. The summed E-state index contributed by atoms with van der Waals surface area (Å²) in [6.07, 6.45) is -2.10. The Hall–Kier alpha value is -2.87. The van der Waals surface area contributed by atoms with E-state index < -0.39 is 12.3 Å². The number of alkyl halides is 3. The topological polar surface area (TPSA) is 56.8 Å². The summed E-state index contributed by atoms with van der Waals surface area (Å²) in [5.41, 5.74) is 0.773. The molecule has 0 radical (unpaired) electrons. The predicted molar refractivity (Wildman–Crippen MR) is 98.6 cm³/mol. The van der Waals surface area contributed by atoms with Crippen molar-refractivity contribution in [1.29, 1.82) is 0 Å². The van der Waals surface area contributed by atoms with Gasteiger partial charge in [0.1, 0.15) is 5.75 Å². The van der Waals surface area contributed by atoms with Gasteiger partial charge in [-0.2, -0.15) is 0 Å². The van der Waals surface area contributed by atoms with Crippen LogP contribution in [0.1, 0.15) is 11.1 Å². The highest BCUT2D eigenvalue weighted by atomic mass is 35.5. The molecule has 2 aromatic rings. The van der Waals surface area contributed by atoms with Crippen molar-refractivity contribution in [2.75, 3.05) is 14.2 Å². The van der Waals surface area contributed by atoms with Gasteiger partial charge in [-0.15, -0.1) is 13.2 Å². The second-order valence-electron chi connectivity index (χ2n) is 5.44. The predicted octanol–water partition coefficient (Wildman–Crippen LogP) is 4.59. The first-order valence-electron chi connectivity index (χ1n) is 7.94. The summed E-state index contributed by atoms with van der Waals surface area (Å²) >= 11 is 6.09. The maximum atomic E-state index is 12.4. The first kappa shape index (κ1) is 21.4. The minimum absolute atomic E-state index is 0.137. The Balaban J connectivity index is 2.05. The maximum absolute atomic E-state index is 12.4. The fourth-order valence-corrected chi connectivity index (χ4v) is 2.62. The Labute approximate surface area is 164 Å². The highest BCUT2D eigenvalue weighted by Gasteiger charge is 2.31. The van der Waals surface area contributed by atoms with E-state index in [0.29, 0.717) is 22.1 Å². The molecule has 0 aliphatic carbocycles. The number of amides is 1. The van der Waals surface area contributed by atoms with Crippen LogP contribution in [0.25, 0.3) is 6.08 Å². The minimum Gasteiger partial charge on any atom is -0.493 e. The van der Waals surface area contributed by atoms with E-state index in [1.54, 1.807) is 18.2 Å². The zero-order chi connectivity index (χ0) is 20.7. The molecule has 0 aliphatic heterocycles. The fourth-order valence-electron chi connectivity index (χ4n) is 2.32. The van der Waals surface area contributed by atoms with Gasteiger partial charge >= 0.3 is 6.36 Å². The lowest BCUT2D eigenvalue weighted by Crippen LogP contribution is -2.22. The summed E-state index contributed by atoms with van der Waals surface area (Å²) < 4.78 is 51.5. The number of hydrogen-bond donors (Lipinski definition) is 1. The number of nitrogens with one attached hydrogen (secondary N) is 1. The molecule has 0 aromatic heterocycles. The van der Waals surface area contributed by atoms with Gasteiger partial charge in [0.15, 0.2) is 11.5 Å². The number of para-hydroxylation sites is 1. The molecular formula is C19H17ClF3NO4. The Morgan fingerprint density at radius 2 is 1.86 bits per heavy atom. The Morgan fingerprint density at radius 3 is 2.50 bits per heavy atom. The average Bonchev–Trinajstić information content (AvgIpc) is 2.63. The van der Waals surface area contributed by atoms with Crippen LogP contribution in [0.5, 0.6) is 17.2 Å². The number of carbonyl (C=O) groups is 1. The third-order valence-electron chi connectivity index (χ3n) is 3.53. The van der Waals surface area contributed by atoms with Crippen LogP contribution in [-0.2, 0) is 11.3 Å². The lowest BCUT2D eigenvalue weighted by Gasteiger charge is -2.13. The van der Waals surface area contributed by atoms with E-state index >= 15 is 0 Å². The number of ether oxygens (including phenoxy) is 3. The molecule has 150 valence electrons. The van der Waals surface area contributed by atoms with E-state index in [1.165, 1.54) is 44.6 Å². The molecule has 5 nitrogen and oxygen atoms in total. The smallest absolute Gasteiger partial charge is 0.493 e. The summed E-state index contributed by atoms with van der Waals surface area (Å²) in [4.78, 5) is 12.0. The van der Waals surface area contributed by atoms with Gasteiger partial charge in [-0.25, -0.2) is 0 Å². The molecular weight excluding hydrogens is 399 g/mol. The molecule has 0 heterocycles. The van der Waals surface area contributed by atoms with Gasteiger partial charge in [0, 0.05) is 18.2 Å². The molecule has 0 atom stereocenters.